The molecule has 0 unspecified atom stereocenters. The monoisotopic (exact) mass is 399 g/mol. The Bertz CT molecular complexity index is 939. The number of aromatic nitrogens is 3. The van der Waals surface area contributed by atoms with Crippen LogP contribution in [0.15, 0.2) is 60.3 Å². The van der Waals surface area contributed by atoms with Crippen molar-refractivity contribution in [3.05, 3.63) is 82.7 Å². The average molecular weight is 400 g/mol. The summed E-state index contributed by atoms with van der Waals surface area (Å²) < 4.78 is 8.03. The summed E-state index contributed by atoms with van der Waals surface area (Å²) in [4.78, 5) is 0. The maximum Gasteiger partial charge on any atom is 0.191 e. The topological polar surface area (TPSA) is 39.9 Å². The third kappa shape index (κ3) is 5.15. The van der Waals surface area contributed by atoms with Gasteiger partial charge in [0.05, 0.1) is 0 Å². The highest BCUT2D eigenvalue weighted by Crippen LogP contribution is 2.25. The zero-order valence-electron chi connectivity index (χ0n) is 15.5. The molecule has 0 saturated heterocycles. The molecule has 0 radical (unpaired) electrons. The molecule has 0 saturated carbocycles. The number of allylic oxidation sites excluding steroid dienone is 1. The number of rotatable bonds is 8. The van der Waals surface area contributed by atoms with Crippen molar-refractivity contribution in [1.29, 1.82) is 0 Å². The van der Waals surface area contributed by atoms with Crippen LogP contribution in [0.5, 0.6) is 5.75 Å². The van der Waals surface area contributed by atoms with Crippen LogP contribution in [0.3, 0.4) is 0 Å². The fourth-order valence-electron chi connectivity index (χ4n) is 2.62. The van der Waals surface area contributed by atoms with E-state index in [-0.39, 0.29) is 0 Å². The highest BCUT2D eigenvalue weighted by Gasteiger charge is 2.13. The van der Waals surface area contributed by atoms with Gasteiger partial charge in [0, 0.05) is 17.3 Å². The molecule has 0 aliphatic carbocycles. The molecule has 6 heteroatoms. The van der Waals surface area contributed by atoms with Crippen LogP contribution >= 0.6 is 23.4 Å². The molecule has 0 amide bonds. The van der Waals surface area contributed by atoms with Gasteiger partial charge in [-0.05, 0) is 48.7 Å². The second kappa shape index (κ2) is 9.11. The van der Waals surface area contributed by atoms with E-state index in [1.807, 2.05) is 41.8 Å². The second-order valence-electron chi connectivity index (χ2n) is 6.27. The van der Waals surface area contributed by atoms with E-state index in [0.717, 1.165) is 38.6 Å². The maximum absolute atomic E-state index is 6.06. The lowest BCUT2D eigenvalue weighted by atomic mass is 10.1. The van der Waals surface area contributed by atoms with Gasteiger partial charge < -0.3 is 4.74 Å². The Labute approximate surface area is 169 Å². The average Bonchev–Trinajstić information content (AvgIpc) is 3.03. The summed E-state index contributed by atoms with van der Waals surface area (Å²) in [5, 5.41) is 10.2. The number of thioether (sulfide) groups is 1. The molecule has 4 nitrogen and oxygen atoms in total. The minimum Gasteiger partial charge on any atom is -0.485 e. The fourth-order valence-corrected chi connectivity index (χ4v) is 3.75. The highest BCUT2D eigenvalue weighted by atomic mass is 35.5. The quantitative estimate of drug-likeness (QED) is 0.365. The van der Waals surface area contributed by atoms with E-state index in [9.17, 15) is 0 Å². The Morgan fingerprint density at radius 2 is 2.04 bits per heavy atom. The summed E-state index contributed by atoms with van der Waals surface area (Å²) >= 11 is 7.69. The summed E-state index contributed by atoms with van der Waals surface area (Å²) in [7, 11) is 0. The molecule has 1 heterocycles. The Morgan fingerprint density at radius 3 is 2.81 bits per heavy atom. The van der Waals surface area contributed by atoms with Crippen molar-refractivity contribution in [1.82, 2.24) is 14.8 Å². The maximum atomic E-state index is 6.06. The van der Waals surface area contributed by atoms with Crippen LogP contribution in [0, 0.1) is 13.8 Å². The molecule has 1 aromatic heterocycles. The molecule has 0 N–H and O–H groups in total. The van der Waals surface area contributed by atoms with Gasteiger partial charge in [-0.25, -0.2) is 0 Å². The van der Waals surface area contributed by atoms with Crippen LogP contribution in [-0.4, -0.2) is 14.8 Å². The minimum absolute atomic E-state index is 0.364. The number of ether oxygens (including phenoxy) is 1. The summed E-state index contributed by atoms with van der Waals surface area (Å²) in [5.41, 5.74) is 3.42. The minimum atomic E-state index is 0.364. The molecule has 0 bridgehead atoms. The number of halogens is 1. The molecule has 140 valence electrons. The predicted octanol–water partition coefficient (Wildman–Crippen LogP) is 5.61. The van der Waals surface area contributed by atoms with E-state index in [1.165, 1.54) is 5.56 Å². The third-order valence-electron chi connectivity index (χ3n) is 4.06. The number of nitrogens with zero attached hydrogens (tertiary/aromatic N) is 3. The first-order chi connectivity index (χ1) is 13.1. The van der Waals surface area contributed by atoms with Crippen LogP contribution in [0.4, 0.5) is 0 Å². The van der Waals surface area contributed by atoms with Crippen LogP contribution in [0.2, 0.25) is 5.02 Å². The first-order valence-corrected chi connectivity index (χ1v) is 10.0. The van der Waals surface area contributed by atoms with Gasteiger partial charge in [0.1, 0.15) is 12.4 Å². The van der Waals surface area contributed by atoms with Gasteiger partial charge in [-0.2, -0.15) is 0 Å². The second-order valence-corrected chi connectivity index (χ2v) is 7.65. The standard InChI is InChI=1S/C21H22ClN3OS/c1-4-10-25-20(13-26-19-11-15(2)8-9-16(19)3)23-24-21(25)27-14-17-6-5-7-18(22)12-17/h4-9,11-12H,1,10,13-14H2,2-3H3. The third-order valence-corrected chi connectivity index (χ3v) is 5.34. The van der Waals surface area contributed by atoms with E-state index in [0.29, 0.717) is 13.2 Å². The smallest absolute Gasteiger partial charge is 0.191 e. The molecule has 2 aromatic carbocycles. The summed E-state index contributed by atoms with van der Waals surface area (Å²) in [6.45, 7) is 8.94. The molecular weight excluding hydrogens is 378 g/mol. The lowest BCUT2D eigenvalue weighted by molar-refractivity contribution is 0.287. The van der Waals surface area contributed by atoms with Crippen LogP contribution in [0.1, 0.15) is 22.5 Å². The Morgan fingerprint density at radius 1 is 1.19 bits per heavy atom. The molecular formula is C21H22ClN3OS. The van der Waals surface area contributed by atoms with Gasteiger partial charge in [-0.3, -0.25) is 4.57 Å². The van der Waals surface area contributed by atoms with E-state index < -0.39 is 0 Å². The molecule has 3 aromatic rings. The summed E-state index contributed by atoms with van der Waals surface area (Å²) in [6.07, 6.45) is 1.84. The molecule has 0 aliphatic rings. The van der Waals surface area contributed by atoms with E-state index >= 15 is 0 Å². The first-order valence-electron chi connectivity index (χ1n) is 8.67. The predicted molar refractivity (Wildman–Crippen MR) is 111 cm³/mol. The lowest BCUT2D eigenvalue weighted by Gasteiger charge is -2.11. The Kier molecular flexibility index (Phi) is 6.58. The highest BCUT2D eigenvalue weighted by molar-refractivity contribution is 7.98. The van der Waals surface area contributed by atoms with Crippen LogP contribution in [0.25, 0.3) is 0 Å². The number of aryl methyl sites for hydroxylation is 2. The van der Waals surface area contributed by atoms with Crippen molar-refractivity contribution in [3.8, 4) is 5.75 Å². The largest absolute Gasteiger partial charge is 0.485 e. The Balaban J connectivity index is 1.72. The molecule has 0 atom stereocenters. The van der Waals surface area contributed by atoms with Crippen LogP contribution in [-0.2, 0) is 18.9 Å². The van der Waals surface area contributed by atoms with Crippen molar-refractivity contribution >= 4 is 23.4 Å². The van der Waals surface area contributed by atoms with Crippen molar-refractivity contribution in [2.75, 3.05) is 0 Å². The van der Waals surface area contributed by atoms with Gasteiger partial charge in [-0.15, -0.1) is 16.8 Å². The fraction of sp³-hybridized carbons (Fsp3) is 0.238. The van der Waals surface area contributed by atoms with Crippen molar-refractivity contribution < 1.29 is 4.74 Å². The van der Waals surface area contributed by atoms with Gasteiger partial charge in [0.15, 0.2) is 11.0 Å². The van der Waals surface area contributed by atoms with Crippen molar-refractivity contribution in [2.24, 2.45) is 0 Å². The number of benzene rings is 2. The van der Waals surface area contributed by atoms with Gasteiger partial charge >= 0.3 is 0 Å². The molecule has 0 spiro atoms. The zero-order valence-corrected chi connectivity index (χ0v) is 17.1. The molecule has 3 rings (SSSR count). The van der Waals surface area contributed by atoms with Crippen molar-refractivity contribution in [3.63, 3.8) is 0 Å². The molecule has 0 aliphatic heterocycles. The lowest BCUT2D eigenvalue weighted by Crippen LogP contribution is -2.08. The molecule has 0 fully saturated rings. The van der Waals surface area contributed by atoms with Crippen LogP contribution < -0.4 is 4.74 Å². The van der Waals surface area contributed by atoms with Gasteiger partial charge in [0.25, 0.3) is 0 Å². The first kappa shape index (κ1) is 19.5. The zero-order chi connectivity index (χ0) is 19.2. The number of hydrogen-bond acceptors (Lipinski definition) is 4. The SMILES string of the molecule is C=CCn1c(COc2cc(C)ccc2C)nnc1SCc1cccc(Cl)c1. The van der Waals surface area contributed by atoms with E-state index in [2.05, 4.69) is 41.9 Å². The van der Waals surface area contributed by atoms with E-state index in [4.69, 9.17) is 16.3 Å². The summed E-state index contributed by atoms with van der Waals surface area (Å²) in [5.74, 6) is 2.42. The Hall–Kier alpha value is -2.24. The van der Waals surface area contributed by atoms with Crippen molar-refractivity contribution in [2.45, 2.75) is 37.9 Å². The summed E-state index contributed by atoms with van der Waals surface area (Å²) in [6, 6.07) is 14.0. The van der Waals surface area contributed by atoms with Gasteiger partial charge in [0.2, 0.25) is 0 Å². The number of hydrogen-bond donors (Lipinski definition) is 0. The van der Waals surface area contributed by atoms with Gasteiger partial charge in [-0.1, -0.05) is 53.7 Å². The van der Waals surface area contributed by atoms with E-state index in [1.54, 1.807) is 11.8 Å². The molecule has 27 heavy (non-hydrogen) atoms. The normalized spacial score (nSPS) is 10.8.